The van der Waals surface area contributed by atoms with Crippen molar-refractivity contribution in [1.82, 2.24) is 0 Å². The molecule has 0 unspecified atom stereocenters. The molecule has 20 heavy (non-hydrogen) atoms. The molecule has 1 N–H and O–H groups in total. The average Bonchev–Trinajstić information content (AvgIpc) is 2.38. The lowest BCUT2D eigenvalue weighted by molar-refractivity contribution is -0.142. The number of methoxy groups -OCH3 is 1. The van der Waals surface area contributed by atoms with Gasteiger partial charge in [0.25, 0.3) is 0 Å². The van der Waals surface area contributed by atoms with Gasteiger partial charge in [-0.05, 0) is 19.1 Å². The fraction of sp³-hybridized carbons (Fsp3) is 0.286. The van der Waals surface area contributed by atoms with Crippen molar-refractivity contribution in [1.29, 1.82) is 0 Å². The maximum atomic E-state index is 11.9. The molecule has 0 aromatic heterocycles. The Morgan fingerprint density at radius 1 is 1.30 bits per heavy atom. The molecule has 0 aliphatic carbocycles. The van der Waals surface area contributed by atoms with Gasteiger partial charge in [-0.1, -0.05) is 17.7 Å². The zero-order valence-corrected chi connectivity index (χ0v) is 12.1. The monoisotopic (exact) mass is 296 g/mol. The SMILES string of the molecule is COC(=O)CC(=O)/C=C(\O)C[S@@](=O)c1ccc(C)cc1. The molecular formula is C14H16O5S. The van der Waals surface area contributed by atoms with Gasteiger partial charge in [0.2, 0.25) is 0 Å². The minimum atomic E-state index is -1.44. The van der Waals surface area contributed by atoms with Crippen LogP contribution in [0.25, 0.3) is 0 Å². The third kappa shape index (κ3) is 5.36. The number of hydrogen-bond donors (Lipinski definition) is 1. The summed E-state index contributed by atoms with van der Waals surface area (Å²) in [7, 11) is -0.267. The highest BCUT2D eigenvalue weighted by Crippen LogP contribution is 2.10. The van der Waals surface area contributed by atoms with Crippen LogP contribution in [0.1, 0.15) is 12.0 Å². The molecule has 5 nitrogen and oxygen atoms in total. The molecule has 1 rings (SSSR count). The number of ketones is 1. The molecule has 0 aliphatic rings. The lowest BCUT2D eigenvalue weighted by Gasteiger charge is -2.02. The molecule has 0 aliphatic heterocycles. The standard InChI is InChI=1S/C14H16O5S/c1-10-3-5-13(6-4-10)20(18)9-12(16)7-11(15)8-14(17)19-2/h3-7,16H,8-9H2,1-2H3/b12-7-/t20-/m1/s1. The minimum Gasteiger partial charge on any atom is -0.511 e. The van der Waals surface area contributed by atoms with Crippen LogP contribution in [0.2, 0.25) is 0 Å². The summed E-state index contributed by atoms with van der Waals surface area (Å²) in [6.45, 7) is 1.91. The van der Waals surface area contributed by atoms with E-state index in [0.29, 0.717) is 4.90 Å². The fourth-order valence-corrected chi connectivity index (χ4v) is 2.36. The maximum Gasteiger partial charge on any atom is 0.313 e. The number of rotatable bonds is 6. The van der Waals surface area contributed by atoms with Gasteiger partial charge in [0.05, 0.1) is 23.7 Å². The third-order valence-electron chi connectivity index (χ3n) is 2.44. The number of hydrogen-bond acceptors (Lipinski definition) is 5. The lowest BCUT2D eigenvalue weighted by atomic mass is 10.2. The van der Waals surface area contributed by atoms with Crippen molar-refractivity contribution >= 4 is 22.6 Å². The van der Waals surface area contributed by atoms with Crippen LogP contribution in [-0.2, 0) is 25.1 Å². The van der Waals surface area contributed by atoms with Gasteiger partial charge >= 0.3 is 5.97 Å². The molecular weight excluding hydrogens is 280 g/mol. The largest absolute Gasteiger partial charge is 0.511 e. The Bertz CT molecular complexity index is 545. The van der Waals surface area contributed by atoms with Crippen LogP contribution in [0.5, 0.6) is 0 Å². The normalized spacial score (nSPS) is 12.8. The van der Waals surface area contributed by atoms with Crippen molar-refractivity contribution in [2.75, 3.05) is 12.9 Å². The van der Waals surface area contributed by atoms with E-state index in [1.54, 1.807) is 12.1 Å². The van der Waals surface area contributed by atoms with Crippen molar-refractivity contribution in [2.24, 2.45) is 0 Å². The van der Waals surface area contributed by atoms with Gasteiger partial charge in [0.15, 0.2) is 5.78 Å². The van der Waals surface area contributed by atoms with E-state index in [4.69, 9.17) is 0 Å². The van der Waals surface area contributed by atoms with E-state index in [1.807, 2.05) is 19.1 Å². The molecule has 0 bridgehead atoms. The van der Waals surface area contributed by atoms with Crippen molar-refractivity contribution in [2.45, 2.75) is 18.2 Å². The summed E-state index contributed by atoms with van der Waals surface area (Å²) in [5, 5.41) is 9.59. The molecule has 0 spiro atoms. The summed E-state index contributed by atoms with van der Waals surface area (Å²) in [5.41, 5.74) is 1.04. The Morgan fingerprint density at radius 3 is 2.45 bits per heavy atom. The molecule has 0 saturated heterocycles. The zero-order valence-electron chi connectivity index (χ0n) is 11.3. The first-order chi connectivity index (χ1) is 9.42. The van der Waals surface area contributed by atoms with E-state index in [-0.39, 0.29) is 11.5 Å². The molecule has 108 valence electrons. The predicted octanol–water partition coefficient (Wildman–Crippen LogP) is 1.68. The zero-order chi connectivity index (χ0) is 15.1. The van der Waals surface area contributed by atoms with Gasteiger partial charge in [0, 0.05) is 11.0 Å². The Kier molecular flexibility index (Phi) is 6.11. The number of benzene rings is 1. The van der Waals surface area contributed by atoms with E-state index < -0.39 is 29.0 Å². The van der Waals surface area contributed by atoms with E-state index in [2.05, 4.69) is 4.74 Å². The molecule has 1 atom stereocenters. The van der Waals surface area contributed by atoms with Crippen molar-refractivity contribution in [3.8, 4) is 0 Å². The second kappa shape index (κ2) is 7.59. The first-order valence-corrected chi connectivity index (χ1v) is 7.18. The van der Waals surface area contributed by atoms with Crippen LogP contribution in [-0.4, -0.2) is 33.9 Å². The van der Waals surface area contributed by atoms with Crippen LogP contribution in [0, 0.1) is 6.92 Å². The molecule has 6 heteroatoms. The van der Waals surface area contributed by atoms with Crippen LogP contribution in [0.15, 0.2) is 41.0 Å². The van der Waals surface area contributed by atoms with Crippen molar-refractivity contribution < 1.29 is 23.6 Å². The number of aliphatic hydroxyl groups is 1. The maximum absolute atomic E-state index is 11.9. The van der Waals surface area contributed by atoms with Crippen molar-refractivity contribution in [3.63, 3.8) is 0 Å². The van der Waals surface area contributed by atoms with Gasteiger partial charge in [-0.3, -0.25) is 13.8 Å². The molecule has 0 amide bonds. The summed E-state index contributed by atoms with van der Waals surface area (Å²) < 4.78 is 16.3. The number of aryl methyl sites for hydroxylation is 1. The smallest absolute Gasteiger partial charge is 0.313 e. The Hall–Kier alpha value is -1.95. The van der Waals surface area contributed by atoms with Crippen LogP contribution in [0.3, 0.4) is 0 Å². The van der Waals surface area contributed by atoms with Gasteiger partial charge in [-0.2, -0.15) is 0 Å². The average molecular weight is 296 g/mol. The van der Waals surface area contributed by atoms with E-state index in [9.17, 15) is 18.9 Å². The predicted molar refractivity (Wildman–Crippen MR) is 74.8 cm³/mol. The molecule has 0 saturated carbocycles. The van der Waals surface area contributed by atoms with E-state index >= 15 is 0 Å². The van der Waals surface area contributed by atoms with Crippen LogP contribution in [0.4, 0.5) is 0 Å². The first-order valence-electron chi connectivity index (χ1n) is 5.86. The number of allylic oxidation sites excluding steroid dienone is 1. The van der Waals surface area contributed by atoms with Crippen LogP contribution < -0.4 is 0 Å². The summed E-state index contributed by atoms with van der Waals surface area (Å²) in [5.74, 6) is -1.76. The highest BCUT2D eigenvalue weighted by Gasteiger charge is 2.11. The molecule has 0 heterocycles. The fourth-order valence-electron chi connectivity index (χ4n) is 1.40. The summed E-state index contributed by atoms with van der Waals surface area (Å²) in [6, 6.07) is 7.04. The highest BCUT2D eigenvalue weighted by atomic mass is 32.2. The number of aliphatic hydroxyl groups excluding tert-OH is 1. The number of esters is 1. The number of ether oxygens (including phenoxy) is 1. The Balaban J connectivity index is 2.63. The second-order valence-electron chi connectivity index (χ2n) is 4.16. The summed E-state index contributed by atoms with van der Waals surface area (Å²) in [6.07, 6.45) is 0.459. The number of carbonyl (C=O) groups is 2. The van der Waals surface area contributed by atoms with Crippen molar-refractivity contribution in [3.05, 3.63) is 41.7 Å². The quantitative estimate of drug-likeness (QED) is 0.374. The lowest BCUT2D eigenvalue weighted by Crippen LogP contribution is -2.09. The van der Waals surface area contributed by atoms with Crippen LogP contribution >= 0.6 is 0 Å². The molecule has 1 aromatic rings. The Labute approximate surface area is 119 Å². The summed E-state index contributed by atoms with van der Waals surface area (Å²) in [4.78, 5) is 22.8. The highest BCUT2D eigenvalue weighted by molar-refractivity contribution is 7.85. The molecule has 0 fully saturated rings. The second-order valence-corrected chi connectivity index (χ2v) is 5.61. The summed E-state index contributed by atoms with van der Waals surface area (Å²) >= 11 is 0. The van der Waals surface area contributed by atoms with Gasteiger partial charge in [-0.15, -0.1) is 0 Å². The minimum absolute atomic E-state index is 0.171. The molecule has 1 aromatic carbocycles. The third-order valence-corrected chi connectivity index (χ3v) is 3.79. The van der Waals surface area contributed by atoms with Gasteiger partial charge in [0.1, 0.15) is 12.2 Å². The van der Waals surface area contributed by atoms with E-state index in [1.165, 1.54) is 7.11 Å². The van der Waals surface area contributed by atoms with E-state index in [0.717, 1.165) is 11.6 Å². The number of carbonyl (C=O) groups excluding carboxylic acids is 2. The van der Waals surface area contributed by atoms with Gasteiger partial charge < -0.3 is 9.84 Å². The van der Waals surface area contributed by atoms with Gasteiger partial charge in [-0.25, -0.2) is 0 Å². The topological polar surface area (TPSA) is 80.7 Å². The Morgan fingerprint density at radius 2 is 1.90 bits per heavy atom. The molecule has 0 radical (unpaired) electrons. The first kappa shape index (κ1) is 16.1.